The summed E-state index contributed by atoms with van der Waals surface area (Å²) in [6, 6.07) is 0. The fourth-order valence-corrected chi connectivity index (χ4v) is 1.88. The molecule has 0 aromatic carbocycles. The van der Waals surface area contributed by atoms with Gasteiger partial charge in [-0.1, -0.05) is 53.4 Å². The quantitative estimate of drug-likeness (QED) is 0.431. The van der Waals surface area contributed by atoms with Crippen LogP contribution in [0.1, 0.15) is 79.1 Å². The fourth-order valence-electron chi connectivity index (χ4n) is 1.88. The van der Waals surface area contributed by atoms with Gasteiger partial charge in [0.15, 0.2) is 0 Å². The van der Waals surface area contributed by atoms with Crippen LogP contribution < -0.4 is 10.2 Å². The van der Waals surface area contributed by atoms with Crippen LogP contribution in [0, 0.1) is 11.8 Å². The molecule has 0 amide bonds. The molecule has 0 heterocycles. The first kappa shape index (κ1) is 25.8. The molecule has 0 spiro atoms. The molecule has 0 rings (SSSR count). The Bertz CT molecular complexity index is 231. The first-order valence-corrected chi connectivity index (χ1v) is 7.86. The molecule has 2 unspecified atom stereocenters. The fraction of sp³-hybridized carbons (Fsp3) is 0.875. The molecule has 0 fully saturated rings. The molecule has 122 valence electrons. The van der Waals surface area contributed by atoms with Crippen molar-refractivity contribution in [3.8, 4) is 0 Å². The van der Waals surface area contributed by atoms with E-state index in [2.05, 4.69) is 13.8 Å². The van der Waals surface area contributed by atoms with Gasteiger partial charge in [-0.3, -0.25) is 0 Å². The van der Waals surface area contributed by atoms with Gasteiger partial charge in [-0.15, -0.1) is 0 Å². The maximum Gasteiger partial charge on any atom is 3.00 e. The molecule has 0 saturated carbocycles. The van der Waals surface area contributed by atoms with Crippen molar-refractivity contribution in [1.29, 1.82) is 0 Å². The van der Waals surface area contributed by atoms with E-state index in [1.54, 1.807) is 0 Å². The number of hydrogen-bond donors (Lipinski definition) is 0. The topological polar surface area (TPSA) is 80.3 Å². The number of aliphatic carboxylic acids is 2. The largest absolute Gasteiger partial charge is 3.00 e. The second-order valence-electron chi connectivity index (χ2n) is 5.13. The molecule has 4 nitrogen and oxygen atoms in total. The van der Waals surface area contributed by atoms with Crippen LogP contribution in [0.4, 0.5) is 0 Å². The summed E-state index contributed by atoms with van der Waals surface area (Å²) in [5, 5.41) is 20.7. The zero-order valence-corrected chi connectivity index (χ0v) is 17.4. The van der Waals surface area contributed by atoms with Gasteiger partial charge in [0, 0.05) is 11.9 Å². The zero-order chi connectivity index (χ0) is 16.0. The Morgan fingerprint density at radius 3 is 1.19 bits per heavy atom. The Hall–Kier alpha value is -0.177. The number of hydrogen-bond acceptors (Lipinski definition) is 4. The van der Waals surface area contributed by atoms with E-state index in [1.165, 1.54) is 0 Å². The Labute approximate surface area is 148 Å². The Kier molecular flexibility index (Phi) is 21.9. The standard InChI is InChI=1S/2C8H16O2.Bi/c2*1-3-5-6-7(4-2)8(9)10;/h2*7H,3-6H2,1-2H3,(H,9,10);/q;;+3/p-2. The van der Waals surface area contributed by atoms with Gasteiger partial charge < -0.3 is 19.8 Å². The van der Waals surface area contributed by atoms with Crippen LogP contribution in [-0.2, 0) is 9.59 Å². The Morgan fingerprint density at radius 2 is 1.05 bits per heavy atom. The summed E-state index contributed by atoms with van der Waals surface area (Å²) in [6.07, 6.45) is 7.04. The van der Waals surface area contributed by atoms with Crippen molar-refractivity contribution >= 4 is 38.1 Å². The number of rotatable bonds is 10. The number of carboxylic acid groups (broad SMARTS) is 2. The van der Waals surface area contributed by atoms with Crippen molar-refractivity contribution in [2.75, 3.05) is 0 Å². The third-order valence-corrected chi connectivity index (χ3v) is 3.46. The molecule has 0 aromatic rings. The van der Waals surface area contributed by atoms with Gasteiger partial charge in [-0.05, 0) is 37.5 Å². The average Bonchev–Trinajstić information content (AvgIpc) is 2.40. The van der Waals surface area contributed by atoms with E-state index in [9.17, 15) is 19.8 Å². The molecule has 5 heteroatoms. The minimum Gasteiger partial charge on any atom is -0.550 e. The monoisotopic (exact) mass is 495 g/mol. The van der Waals surface area contributed by atoms with E-state index in [-0.39, 0.29) is 38.0 Å². The Balaban J connectivity index is -0.000000295. The number of unbranched alkanes of at least 4 members (excludes halogenated alkanes) is 2. The summed E-state index contributed by atoms with van der Waals surface area (Å²) in [7, 11) is 0. The van der Waals surface area contributed by atoms with Gasteiger partial charge in [-0.2, -0.15) is 0 Å². The van der Waals surface area contributed by atoms with E-state index < -0.39 is 11.9 Å². The summed E-state index contributed by atoms with van der Waals surface area (Å²) in [5.74, 6) is -2.23. The second kappa shape index (κ2) is 17.9. The van der Waals surface area contributed by atoms with Gasteiger partial charge in [0.25, 0.3) is 0 Å². The molecule has 0 aromatic heterocycles. The summed E-state index contributed by atoms with van der Waals surface area (Å²) in [6.45, 7) is 7.89. The summed E-state index contributed by atoms with van der Waals surface area (Å²) in [5.41, 5.74) is 0. The Morgan fingerprint density at radius 1 is 0.762 bits per heavy atom. The van der Waals surface area contributed by atoms with Crippen LogP contribution in [0.3, 0.4) is 0 Å². The third kappa shape index (κ3) is 16.0. The molecule has 21 heavy (non-hydrogen) atoms. The van der Waals surface area contributed by atoms with Crippen LogP contribution in [0.15, 0.2) is 0 Å². The minimum atomic E-state index is -0.893. The van der Waals surface area contributed by atoms with E-state index in [4.69, 9.17) is 0 Å². The van der Waals surface area contributed by atoms with Crippen LogP contribution in [-0.4, -0.2) is 38.1 Å². The van der Waals surface area contributed by atoms with Crippen molar-refractivity contribution in [1.82, 2.24) is 0 Å². The number of carbonyl (C=O) groups excluding carboxylic acids is 2. The molecule has 2 radical (unpaired) electrons. The predicted molar refractivity (Wildman–Crippen MR) is 82.4 cm³/mol. The molecule has 0 aliphatic rings. The summed E-state index contributed by atoms with van der Waals surface area (Å²) in [4.78, 5) is 20.7. The summed E-state index contributed by atoms with van der Waals surface area (Å²) >= 11 is 0. The molecule has 0 N–H and O–H groups in total. The van der Waals surface area contributed by atoms with Crippen molar-refractivity contribution in [3.05, 3.63) is 0 Å². The van der Waals surface area contributed by atoms with Crippen molar-refractivity contribution in [2.45, 2.75) is 79.1 Å². The minimum absolute atomic E-state index is 0. The molecule has 2 atom stereocenters. The van der Waals surface area contributed by atoms with E-state index in [1.807, 2.05) is 13.8 Å². The molecule has 0 saturated heterocycles. The normalized spacial score (nSPS) is 12.4. The second-order valence-corrected chi connectivity index (χ2v) is 5.13. The van der Waals surface area contributed by atoms with Gasteiger partial charge >= 0.3 is 26.2 Å². The average molecular weight is 495 g/mol. The van der Waals surface area contributed by atoms with Crippen LogP contribution in [0.5, 0.6) is 0 Å². The molecule has 0 bridgehead atoms. The first-order chi connectivity index (χ1) is 9.44. The van der Waals surface area contributed by atoms with Gasteiger partial charge in [-0.25, -0.2) is 0 Å². The first-order valence-electron chi connectivity index (χ1n) is 7.86. The van der Waals surface area contributed by atoms with Crippen molar-refractivity contribution in [3.63, 3.8) is 0 Å². The number of carboxylic acids is 2. The van der Waals surface area contributed by atoms with Crippen molar-refractivity contribution in [2.24, 2.45) is 11.8 Å². The van der Waals surface area contributed by atoms with Crippen LogP contribution in [0.2, 0.25) is 0 Å². The zero-order valence-electron chi connectivity index (χ0n) is 13.9. The molecular formula is C16H30BiO4+. The SMILES string of the molecule is CCCCC(CC)C(=O)[O-].CCCCC(CC)C(=O)[O-].[Bi+3]. The van der Waals surface area contributed by atoms with E-state index in [0.717, 1.165) is 38.5 Å². The maximum absolute atomic E-state index is 10.3. The van der Waals surface area contributed by atoms with Crippen LogP contribution >= 0.6 is 0 Å². The van der Waals surface area contributed by atoms with Gasteiger partial charge in [0.2, 0.25) is 0 Å². The number of carbonyl (C=O) groups is 2. The smallest absolute Gasteiger partial charge is 0.550 e. The third-order valence-electron chi connectivity index (χ3n) is 3.46. The van der Waals surface area contributed by atoms with E-state index in [0.29, 0.717) is 12.8 Å². The van der Waals surface area contributed by atoms with Crippen LogP contribution in [0.25, 0.3) is 0 Å². The van der Waals surface area contributed by atoms with Gasteiger partial charge in [0.05, 0.1) is 0 Å². The summed E-state index contributed by atoms with van der Waals surface area (Å²) < 4.78 is 0. The van der Waals surface area contributed by atoms with Gasteiger partial charge in [0.1, 0.15) is 0 Å². The molecule has 0 aliphatic heterocycles. The predicted octanol–water partition coefficient (Wildman–Crippen LogP) is 1.52. The molecule has 0 aliphatic carbocycles. The van der Waals surface area contributed by atoms with Crippen molar-refractivity contribution < 1.29 is 19.8 Å². The van der Waals surface area contributed by atoms with E-state index >= 15 is 0 Å². The molecular weight excluding hydrogens is 465 g/mol. The maximum atomic E-state index is 10.3.